The Labute approximate surface area is 126 Å². The number of nitrogens with zero attached hydrogens (tertiary/aromatic N) is 2. The zero-order chi connectivity index (χ0) is 14.9. The first kappa shape index (κ1) is 14.2. The van der Waals surface area contributed by atoms with Crippen LogP contribution in [0.1, 0.15) is 43.5 Å². The SMILES string of the molecule is CC(C)(C(=O)c1cccc2ncccc12)N1CCCCC1. The fourth-order valence-corrected chi connectivity index (χ4v) is 3.23. The molecule has 1 saturated heterocycles. The maximum absolute atomic E-state index is 13.1. The fourth-order valence-electron chi connectivity index (χ4n) is 3.23. The van der Waals surface area contributed by atoms with Gasteiger partial charge in [0.05, 0.1) is 11.1 Å². The van der Waals surface area contributed by atoms with Gasteiger partial charge in [-0.25, -0.2) is 0 Å². The summed E-state index contributed by atoms with van der Waals surface area (Å²) in [6.45, 7) is 6.13. The lowest BCUT2D eigenvalue weighted by Crippen LogP contribution is -2.52. The van der Waals surface area contributed by atoms with Gasteiger partial charge in [-0.3, -0.25) is 14.7 Å². The molecular formula is C18H22N2O. The van der Waals surface area contributed by atoms with Crippen molar-refractivity contribution in [1.29, 1.82) is 0 Å². The van der Waals surface area contributed by atoms with Crippen LogP contribution in [0, 0.1) is 0 Å². The molecule has 0 spiro atoms. The Hall–Kier alpha value is -1.74. The molecule has 1 aliphatic heterocycles. The van der Waals surface area contributed by atoms with Gasteiger partial charge < -0.3 is 0 Å². The molecule has 0 unspecified atom stereocenters. The second kappa shape index (κ2) is 5.57. The van der Waals surface area contributed by atoms with E-state index < -0.39 is 5.54 Å². The maximum atomic E-state index is 13.1. The molecule has 3 nitrogen and oxygen atoms in total. The van der Waals surface area contributed by atoms with Gasteiger partial charge in [-0.1, -0.05) is 24.6 Å². The predicted molar refractivity (Wildman–Crippen MR) is 85.6 cm³/mol. The molecule has 1 aromatic heterocycles. The van der Waals surface area contributed by atoms with Gasteiger partial charge in [0, 0.05) is 17.1 Å². The number of hydrogen-bond donors (Lipinski definition) is 0. The number of carbonyl (C=O) groups excluding carboxylic acids is 1. The molecule has 2 heterocycles. The van der Waals surface area contributed by atoms with E-state index in [2.05, 4.69) is 23.7 Å². The maximum Gasteiger partial charge on any atom is 0.183 e. The van der Waals surface area contributed by atoms with Crippen molar-refractivity contribution in [2.24, 2.45) is 0 Å². The second-order valence-electron chi connectivity index (χ2n) is 6.31. The third-order valence-corrected chi connectivity index (χ3v) is 4.59. The van der Waals surface area contributed by atoms with Crippen LogP contribution in [0.25, 0.3) is 10.9 Å². The van der Waals surface area contributed by atoms with Crippen molar-refractivity contribution in [3.63, 3.8) is 0 Å². The zero-order valence-corrected chi connectivity index (χ0v) is 12.8. The molecule has 0 bridgehead atoms. The van der Waals surface area contributed by atoms with Crippen LogP contribution in [0.2, 0.25) is 0 Å². The van der Waals surface area contributed by atoms with Crippen molar-refractivity contribution in [2.75, 3.05) is 13.1 Å². The molecule has 0 radical (unpaired) electrons. The number of benzene rings is 1. The molecule has 1 aromatic carbocycles. The smallest absolute Gasteiger partial charge is 0.183 e. The summed E-state index contributed by atoms with van der Waals surface area (Å²) < 4.78 is 0. The van der Waals surface area contributed by atoms with Crippen LogP contribution in [0.4, 0.5) is 0 Å². The Morgan fingerprint density at radius 1 is 1.10 bits per heavy atom. The van der Waals surface area contributed by atoms with Crippen LogP contribution in [0.5, 0.6) is 0 Å². The number of pyridine rings is 1. The molecule has 1 aliphatic rings. The average Bonchev–Trinajstić information content (AvgIpc) is 2.54. The summed E-state index contributed by atoms with van der Waals surface area (Å²) in [5.74, 6) is 0.197. The highest BCUT2D eigenvalue weighted by atomic mass is 16.1. The van der Waals surface area contributed by atoms with Crippen LogP contribution in [0.3, 0.4) is 0 Å². The molecule has 1 fully saturated rings. The number of likely N-dealkylation sites (tertiary alicyclic amines) is 1. The molecule has 3 heteroatoms. The van der Waals surface area contributed by atoms with Crippen molar-refractivity contribution in [3.05, 3.63) is 42.1 Å². The molecule has 0 saturated carbocycles. The fraction of sp³-hybridized carbons (Fsp3) is 0.444. The van der Waals surface area contributed by atoms with Crippen molar-refractivity contribution in [1.82, 2.24) is 9.88 Å². The van der Waals surface area contributed by atoms with Gasteiger partial charge >= 0.3 is 0 Å². The average molecular weight is 282 g/mol. The van der Waals surface area contributed by atoms with E-state index in [1.807, 2.05) is 30.3 Å². The largest absolute Gasteiger partial charge is 0.292 e. The lowest BCUT2D eigenvalue weighted by atomic mass is 9.88. The van der Waals surface area contributed by atoms with Crippen molar-refractivity contribution in [3.8, 4) is 0 Å². The minimum Gasteiger partial charge on any atom is -0.292 e. The van der Waals surface area contributed by atoms with Gasteiger partial charge in [0.2, 0.25) is 0 Å². The molecule has 3 rings (SSSR count). The van der Waals surface area contributed by atoms with Crippen LogP contribution in [0.15, 0.2) is 36.5 Å². The summed E-state index contributed by atoms with van der Waals surface area (Å²) in [7, 11) is 0. The van der Waals surface area contributed by atoms with E-state index in [1.54, 1.807) is 6.20 Å². The highest BCUT2D eigenvalue weighted by Crippen LogP contribution is 2.27. The lowest BCUT2D eigenvalue weighted by molar-refractivity contribution is 0.0581. The molecular weight excluding hydrogens is 260 g/mol. The van der Waals surface area contributed by atoms with Crippen molar-refractivity contribution < 1.29 is 4.79 Å². The van der Waals surface area contributed by atoms with Crippen molar-refractivity contribution >= 4 is 16.7 Å². The summed E-state index contributed by atoms with van der Waals surface area (Å²) in [6.07, 6.45) is 5.42. The second-order valence-corrected chi connectivity index (χ2v) is 6.31. The minimum absolute atomic E-state index is 0.197. The molecule has 0 N–H and O–H groups in total. The van der Waals surface area contributed by atoms with Gasteiger partial charge in [-0.15, -0.1) is 0 Å². The summed E-state index contributed by atoms with van der Waals surface area (Å²) in [4.78, 5) is 19.8. The standard InChI is InChI=1S/C18H22N2O/c1-18(2,20-12-4-3-5-13-20)17(21)15-8-6-10-16-14(15)9-7-11-19-16/h6-11H,3-5,12-13H2,1-2H3. The summed E-state index contributed by atoms with van der Waals surface area (Å²) in [5.41, 5.74) is 1.22. The number of Topliss-reactive ketones (excluding diaryl/α,β-unsaturated/α-hetero) is 1. The van der Waals surface area contributed by atoms with E-state index in [0.29, 0.717) is 0 Å². The van der Waals surface area contributed by atoms with Crippen LogP contribution >= 0.6 is 0 Å². The Morgan fingerprint density at radius 2 is 1.86 bits per heavy atom. The summed E-state index contributed by atoms with van der Waals surface area (Å²) in [6, 6.07) is 9.70. The van der Waals surface area contributed by atoms with Crippen LogP contribution in [-0.4, -0.2) is 34.3 Å². The molecule has 21 heavy (non-hydrogen) atoms. The Morgan fingerprint density at radius 3 is 2.62 bits per heavy atom. The first-order valence-corrected chi connectivity index (χ1v) is 7.74. The highest BCUT2D eigenvalue weighted by molar-refractivity contribution is 6.11. The highest BCUT2D eigenvalue weighted by Gasteiger charge is 2.36. The van der Waals surface area contributed by atoms with Gasteiger partial charge in [0.1, 0.15) is 0 Å². The lowest BCUT2D eigenvalue weighted by Gasteiger charge is -2.39. The van der Waals surface area contributed by atoms with E-state index in [0.717, 1.165) is 29.6 Å². The van der Waals surface area contributed by atoms with E-state index in [9.17, 15) is 4.79 Å². The first-order valence-electron chi connectivity index (χ1n) is 7.74. The van der Waals surface area contributed by atoms with Crippen molar-refractivity contribution in [2.45, 2.75) is 38.6 Å². The number of piperidine rings is 1. The molecule has 0 amide bonds. The predicted octanol–water partition coefficient (Wildman–Crippen LogP) is 3.68. The summed E-state index contributed by atoms with van der Waals surface area (Å²) >= 11 is 0. The third kappa shape index (κ3) is 2.58. The molecule has 0 aliphatic carbocycles. The van der Waals surface area contributed by atoms with E-state index in [1.165, 1.54) is 19.3 Å². The number of carbonyl (C=O) groups is 1. The number of ketones is 1. The van der Waals surface area contributed by atoms with Crippen LogP contribution in [-0.2, 0) is 0 Å². The number of aromatic nitrogens is 1. The van der Waals surface area contributed by atoms with Gasteiger partial charge in [0.25, 0.3) is 0 Å². The van der Waals surface area contributed by atoms with Crippen LogP contribution < -0.4 is 0 Å². The number of rotatable bonds is 3. The normalized spacial score (nSPS) is 17.0. The van der Waals surface area contributed by atoms with Gasteiger partial charge in [-0.05, 0) is 51.9 Å². The van der Waals surface area contributed by atoms with Gasteiger partial charge in [0.15, 0.2) is 5.78 Å². The third-order valence-electron chi connectivity index (χ3n) is 4.59. The zero-order valence-electron chi connectivity index (χ0n) is 12.8. The molecule has 0 atom stereocenters. The first-order chi connectivity index (χ1) is 10.1. The number of hydrogen-bond acceptors (Lipinski definition) is 3. The Balaban J connectivity index is 1.99. The summed E-state index contributed by atoms with van der Waals surface area (Å²) in [5, 5.41) is 0.954. The van der Waals surface area contributed by atoms with E-state index >= 15 is 0 Å². The minimum atomic E-state index is -0.454. The van der Waals surface area contributed by atoms with Gasteiger partial charge in [-0.2, -0.15) is 0 Å². The van der Waals surface area contributed by atoms with E-state index in [-0.39, 0.29) is 5.78 Å². The Bertz CT molecular complexity index is 652. The number of fused-ring (bicyclic) bond motifs is 1. The Kier molecular flexibility index (Phi) is 3.77. The molecule has 110 valence electrons. The van der Waals surface area contributed by atoms with E-state index in [4.69, 9.17) is 0 Å². The quantitative estimate of drug-likeness (QED) is 0.805. The monoisotopic (exact) mass is 282 g/mol. The molecule has 2 aromatic rings. The topological polar surface area (TPSA) is 33.2 Å².